The van der Waals surface area contributed by atoms with Crippen molar-refractivity contribution in [3.05, 3.63) is 66.1 Å². The van der Waals surface area contributed by atoms with Gasteiger partial charge in [0.05, 0.1) is 0 Å². The van der Waals surface area contributed by atoms with E-state index in [9.17, 15) is 0 Å². The molecule has 0 aromatic rings. The molecule has 0 saturated heterocycles. The Balaban J connectivity index is 0.000000212. The van der Waals surface area contributed by atoms with Gasteiger partial charge in [0.25, 0.3) is 0 Å². The van der Waals surface area contributed by atoms with Crippen molar-refractivity contribution < 1.29 is 17.9 Å². The number of rotatable bonds is 2. The monoisotopic (exact) mass is 454 g/mol. The topological polar surface area (TPSA) is 0 Å². The van der Waals surface area contributed by atoms with E-state index in [1.54, 1.807) is 22.3 Å². The molecule has 0 saturated carbocycles. The van der Waals surface area contributed by atoms with Gasteiger partial charge in [0.15, 0.2) is 0 Å². The Morgan fingerprint density at radius 2 is 1.20 bits per heavy atom. The molecular formula is C22H30Cl2Zr. The Hall–Kier alpha value is -0.0969. The molecule has 0 aliphatic heterocycles. The SMILES string of the molecule is CC1=C(C)C(C)=C(C2=C(C)C(C)=C(C)C2)C1.[CH3][Zr]([Cl])([Cl])[C]1=CC=CC1. The standard InChI is InChI=1S/C16H22.C5H5.CH3.2ClH.Zr/c1-9-7-15(13(5)11(9)3)16-8-10(2)12(4)14(16)6;1-2-4-5-3-1;;;;/h7-8H2,1-6H3;1-3H,4H2;1H3;2*1H;/q;;;;;+2/p-2. The molecule has 0 nitrogen and oxygen atoms in total. The molecule has 0 N–H and O–H groups in total. The minimum absolute atomic E-state index is 0.986. The zero-order valence-electron chi connectivity index (χ0n) is 16.6. The molecule has 0 spiro atoms. The van der Waals surface area contributed by atoms with Crippen molar-refractivity contribution in [2.75, 3.05) is 0 Å². The van der Waals surface area contributed by atoms with Gasteiger partial charge in [0.2, 0.25) is 0 Å². The van der Waals surface area contributed by atoms with Gasteiger partial charge in [-0.1, -0.05) is 11.1 Å². The second-order valence-electron chi connectivity index (χ2n) is 7.58. The molecule has 3 aliphatic rings. The molecule has 0 atom stereocenters. The van der Waals surface area contributed by atoms with Crippen LogP contribution < -0.4 is 0 Å². The Labute approximate surface area is 165 Å². The van der Waals surface area contributed by atoms with E-state index in [2.05, 4.69) is 53.7 Å². The quantitative estimate of drug-likeness (QED) is 0.391. The van der Waals surface area contributed by atoms with Gasteiger partial charge in [0.1, 0.15) is 0 Å². The fourth-order valence-electron chi connectivity index (χ4n) is 3.59. The van der Waals surface area contributed by atoms with Crippen LogP contribution in [0.3, 0.4) is 0 Å². The number of hydrogen-bond donors (Lipinski definition) is 0. The summed E-state index contributed by atoms with van der Waals surface area (Å²) >= 11 is -2.65. The third kappa shape index (κ3) is 4.80. The zero-order valence-corrected chi connectivity index (χ0v) is 20.6. The van der Waals surface area contributed by atoms with Crippen molar-refractivity contribution in [2.45, 2.75) is 65.4 Å². The summed E-state index contributed by atoms with van der Waals surface area (Å²) in [7, 11) is 12.0. The van der Waals surface area contributed by atoms with Gasteiger partial charge in [-0.25, -0.2) is 0 Å². The average molecular weight is 457 g/mol. The van der Waals surface area contributed by atoms with Crippen molar-refractivity contribution >= 4 is 17.0 Å². The van der Waals surface area contributed by atoms with E-state index in [-0.39, 0.29) is 0 Å². The second kappa shape index (κ2) is 8.28. The summed E-state index contributed by atoms with van der Waals surface area (Å²) in [5, 5.41) is 0. The normalized spacial score (nSPS) is 20.8. The summed E-state index contributed by atoms with van der Waals surface area (Å²) in [5.41, 5.74) is 12.4. The van der Waals surface area contributed by atoms with Crippen LogP contribution >= 0.6 is 17.0 Å². The Morgan fingerprint density at radius 1 is 0.760 bits per heavy atom. The van der Waals surface area contributed by atoms with Crippen molar-refractivity contribution in [1.82, 2.24) is 0 Å². The first-order valence-electron chi connectivity index (χ1n) is 9.01. The van der Waals surface area contributed by atoms with Crippen LogP contribution in [0.15, 0.2) is 66.1 Å². The Morgan fingerprint density at radius 3 is 1.40 bits per heavy atom. The average Bonchev–Trinajstić information content (AvgIpc) is 3.22. The summed E-state index contributed by atoms with van der Waals surface area (Å²) in [6, 6.07) is 0. The molecular weight excluding hydrogens is 426 g/mol. The Bertz CT molecular complexity index is 716. The van der Waals surface area contributed by atoms with E-state index in [1.165, 1.54) is 38.4 Å². The first-order valence-corrected chi connectivity index (χ1v) is 19.0. The molecule has 0 unspecified atom stereocenters. The van der Waals surface area contributed by atoms with E-state index in [0.717, 1.165) is 6.42 Å². The first kappa shape index (κ1) is 21.2. The van der Waals surface area contributed by atoms with E-state index < -0.39 is 17.9 Å². The van der Waals surface area contributed by atoms with E-state index >= 15 is 0 Å². The van der Waals surface area contributed by atoms with Crippen molar-refractivity contribution in [2.24, 2.45) is 0 Å². The minimum atomic E-state index is -2.65. The van der Waals surface area contributed by atoms with E-state index in [0.29, 0.717) is 0 Å². The molecule has 0 aromatic carbocycles. The molecule has 3 heteroatoms. The molecule has 3 aliphatic carbocycles. The summed E-state index contributed by atoms with van der Waals surface area (Å²) in [6.07, 6.45) is 9.50. The fourth-order valence-corrected chi connectivity index (χ4v) is 7.38. The molecule has 0 bridgehead atoms. The predicted molar refractivity (Wildman–Crippen MR) is 111 cm³/mol. The van der Waals surface area contributed by atoms with Crippen LogP contribution in [0.25, 0.3) is 0 Å². The third-order valence-corrected chi connectivity index (χ3v) is 12.4. The summed E-state index contributed by atoms with van der Waals surface area (Å²) in [6.45, 7) is 13.6. The van der Waals surface area contributed by atoms with Crippen LogP contribution in [0.5, 0.6) is 0 Å². The van der Waals surface area contributed by atoms with Crippen LogP contribution in [-0.4, -0.2) is 0 Å². The van der Waals surface area contributed by atoms with Crippen molar-refractivity contribution in [1.29, 1.82) is 0 Å². The molecule has 0 radical (unpaired) electrons. The van der Waals surface area contributed by atoms with Crippen LogP contribution in [0.1, 0.15) is 60.8 Å². The fraction of sp³-hybridized carbons (Fsp3) is 0.455. The Kier molecular flexibility index (Phi) is 7.03. The summed E-state index contributed by atoms with van der Waals surface area (Å²) in [4.78, 5) is 0. The van der Waals surface area contributed by atoms with Gasteiger partial charge >= 0.3 is 67.5 Å². The molecule has 0 amide bonds. The van der Waals surface area contributed by atoms with Crippen molar-refractivity contribution in [3.63, 3.8) is 0 Å². The molecule has 25 heavy (non-hydrogen) atoms. The van der Waals surface area contributed by atoms with Crippen LogP contribution in [0.4, 0.5) is 0 Å². The molecule has 0 fully saturated rings. The second-order valence-corrected chi connectivity index (χ2v) is 23.6. The molecule has 0 heterocycles. The maximum atomic E-state index is 6.01. The van der Waals surface area contributed by atoms with Crippen LogP contribution in [-0.2, 0) is 17.9 Å². The van der Waals surface area contributed by atoms with E-state index in [4.69, 9.17) is 17.0 Å². The first-order chi connectivity index (χ1) is 11.5. The van der Waals surface area contributed by atoms with Gasteiger partial charge in [-0.2, -0.15) is 0 Å². The molecule has 3 rings (SSSR count). The van der Waals surface area contributed by atoms with E-state index in [1.807, 2.05) is 10.7 Å². The van der Waals surface area contributed by atoms with Gasteiger partial charge in [-0.05, 0) is 87.8 Å². The van der Waals surface area contributed by atoms with Crippen LogP contribution in [0.2, 0.25) is 4.63 Å². The number of hydrogen-bond acceptors (Lipinski definition) is 0. The van der Waals surface area contributed by atoms with Gasteiger partial charge < -0.3 is 0 Å². The number of halogens is 2. The summed E-state index contributed by atoms with van der Waals surface area (Å²) in [5.74, 6) is 0. The summed E-state index contributed by atoms with van der Waals surface area (Å²) < 4.78 is 3.28. The number of allylic oxidation sites excluding steroid dienone is 12. The third-order valence-electron chi connectivity index (χ3n) is 5.89. The van der Waals surface area contributed by atoms with Gasteiger partial charge in [-0.3, -0.25) is 0 Å². The predicted octanol–water partition coefficient (Wildman–Crippen LogP) is 8.44. The molecule has 0 aromatic heterocycles. The zero-order chi connectivity index (χ0) is 18.9. The molecule has 136 valence electrons. The van der Waals surface area contributed by atoms with Crippen molar-refractivity contribution in [3.8, 4) is 0 Å². The van der Waals surface area contributed by atoms with Gasteiger partial charge in [-0.15, -0.1) is 0 Å². The van der Waals surface area contributed by atoms with Gasteiger partial charge in [0, 0.05) is 0 Å². The maximum absolute atomic E-state index is 6.01. The van der Waals surface area contributed by atoms with Crippen LogP contribution in [0, 0.1) is 0 Å².